The zero-order valence-corrected chi connectivity index (χ0v) is 15.9. The first-order valence-electron chi connectivity index (χ1n) is 9.43. The van der Waals surface area contributed by atoms with Crippen LogP contribution >= 0.6 is 11.3 Å². The van der Waals surface area contributed by atoms with Gasteiger partial charge in [-0.3, -0.25) is 0 Å². The molecule has 2 aliphatic rings. The van der Waals surface area contributed by atoms with E-state index in [1.807, 2.05) is 13.0 Å². The highest BCUT2D eigenvalue weighted by molar-refractivity contribution is 7.20. The van der Waals surface area contributed by atoms with Crippen LogP contribution in [0.15, 0.2) is 48.5 Å². The number of carbonyl (C=O) groups is 1. The summed E-state index contributed by atoms with van der Waals surface area (Å²) in [5.74, 6) is 0.138. The largest absolute Gasteiger partial charge is 0.462 e. The minimum Gasteiger partial charge on any atom is -0.462 e. The van der Waals surface area contributed by atoms with Crippen molar-refractivity contribution in [2.45, 2.75) is 25.5 Å². The molecule has 5 heteroatoms. The summed E-state index contributed by atoms with van der Waals surface area (Å²) in [5, 5.41) is 4.86. The minimum absolute atomic E-state index is 0.0554. The SMILES string of the molecule is CCOC(=O)c1cc2c3c(ccc2s1)NC(c1ccccc1)C1CCOC31. The van der Waals surface area contributed by atoms with Crippen LogP contribution in [-0.4, -0.2) is 19.2 Å². The Labute approximate surface area is 162 Å². The van der Waals surface area contributed by atoms with E-state index in [1.165, 1.54) is 22.5 Å². The van der Waals surface area contributed by atoms with Gasteiger partial charge in [-0.15, -0.1) is 11.3 Å². The van der Waals surface area contributed by atoms with Crippen LogP contribution in [0.1, 0.15) is 46.3 Å². The molecule has 0 amide bonds. The van der Waals surface area contributed by atoms with Crippen molar-refractivity contribution in [1.29, 1.82) is 0 Å². The lowest BCUT2D eigenvalue weighted by molar-refractivity contribution is 0.0532. The summed E-state index contributed by atoms with van der Waals surface area (Å²) in [6.45, 7) is 2.99. The third kappa shape index (κ3) is 2.73. The van der Waals surface area contributed by atoms with Crippen molar-refractivity contribution in [3.8, 4) is 0 Å². The third-order valence-electron chi connectivity index (χ3n) is 5.54. The van der Waals surface area contributed by atoms with Crippen molar-refractivity contribution in [3.05, 3.63) is 64.5 Å². The standard InChI is InChI=1S/C22H21NO3S/c1-2-25-22(24)18-12-15-17(27-18)9-8-16-19(15)21-14(10-11-26-21)20(23-16)13-6-4-3-5-7-13/h3-9,12,14,20-21,23H,2,10-11H2,1H3. The number of rotatable bonds is 3. The van der Waals surface area contributed by atoms with Crippen LogP contribution < -0.4 is 5.32 Å². The molecule has 0 bridgehead atoms. The number of carbonyl (C=O) groups excluding carboxylic acids is 1. The molecular formula is C22H21NO3S. The quantitative estimate of drug-likeness (QED) is 0.626. The number of fused-ring (bicyclic) bond motifs is 5. The summed E-state index contributed by atoms with van der Waals surface area (Å²) >= 11 is 1.49. The van der Waals surface area contributed by atoms with E-state index >= 15 is 0 Å². The molecule has 2 aliphatic heterocycles. The Morgan fingerprint density at radius 2 is 2.11 bits per heavy atom. The topological polar surface area (TPSA) is 47.6 Å². The van der Waals surface area contributed by atoms with Gasteiger partial charge in [-0.2, -0.15) is 0 Å². The summed E-state index contributed by atoms with van der Waals surface area (Å²) in [7, 11) is 0. The predicted octanol–water partition coefficient (Wildman–Crippen LogP) is 5.32. The van der Waals surface area contributed by atoms with Crippen LogP contribution in [-0.2, 0) is 9.47 Å². The van der Waals surface area contributed by atoms with Gasteiger partial charge in [0.2, 0.25) is 0 Å². The molecule has 1 fully saturated rings. The normalized spacial score (nSPS) is 23.5. The van der Waals surface area contributed by atoms with Gasteiger partial charge in [-0.25, -0.2) is 4.79 Å². The van der Waals surface area contributed by atoms with E-state index in [0.717, 1.165) is 28.8 Å². The number of thiophene rings is 1. The molecule has 2 aromatic carbocycles. The maximum Gasteiger partial charge on any atom is 0.348 e. The molecule has 0 spiro atoms. The molecule has 3 heterocycles. The number of anilines is 1. The average molecular weight is 379 g/mol. The fourth-order valence-corrected chi connectivity index (χ4v) is 5.35. The molecule has 27 heavy (non-hydrogen) atoms. The highest BCUT2D eigenvalue weighted by Gasteiger charge is 2.42. The smallest absolute Gasteiger partial charge is 0.348 e. The van der Waals surface area contributed by atoms with Gasteiger partial charge >= 0.3 is 5.97 Å². The minimum atomic E-state index is -0.248. The van der Waals surface area contributed by atoms with Crippen molar-refractivity contribution in [3.63, 3.8) is 0 Å². The number of ether oxygens (including phenoxy) is 2. The van der Waals surface area contributed by atoms with Crippen molar-refractivity contribution >= 4 is 33.1 Å². The van der Waals surface area contributed by atoms with Gasteiger partial charge in [0.25, 0.3) is 0 Å². The van der Waals surface area contributed by atoms with Gasteiger partial charge in [-0.1, -0.05) is 30.3 Å². The lowest BCUT2D eigenvalue weighted by atomic mass is 9.80. The lowest BCUT2D eigenvalue weighted by Gasteiger charge is -2.37. The second-order valence-corrected chi connectivity index (χ2v) is 8.13. The third-order valence-corrected chi connectivity index (χ3v) is 6.62. The first-order valence-corrected chi connectivity index (χ1v) is 10.2. The molecule has 1 aromatic heterocycles. The Bertz CT molecular complexity index is 997. The van der Waals surface area contributed by atoms with Crippen LogP contribution in [0.4, 0.5) is 5.69 Å². The van der Waals surface area contributed by atoms with Gasteiger partial charge < -0.3 is 14.8 Å². The molecule has 1 N–H and O–H groups in total. The van der Waals surface area contributed by atoms with Crippen molar-refractivity contribution in [2.24, 2.45) is 5.92 Å². The zero-order chi connectivity index (χ0) is 18.4. The van der Waals surface area contributed by atoms with E-state index in [-0.39, 0.29) is 18.1 Å². The van der Waals surface area contributed by atoms with Crippen LogP contribution in [0.2, 0.25) is 0 Å². The van der Waals surface area contributed by atoms with Crippen molar-refractivity contribution in [1.82, 2.24) is 0 Å². The first-order chi connectivity index (χ1) is 13.3. The van der Waals surface area contributed by atoms with E-state index in [1.54, 1.807) is 0 Å². The second kappa shape index (κ2) is 6.66. The number of benzene rings is 2. The van der Waals surface area contributed by atoms with E-state index < -0.39 is 0 Å². The Hall–Kier alpha value is -2.37. The van der Waals surface area contributed by atoms with Crippen LogP contribution in [0.5, 0.6) is 0 Å². The molecule has 3 atom stereocenters. The second-order valence-electron chi connectivity index (χ2n) is 7.05. The summed E-state index contributed by atoms with van der Waals surface area (Å²) in [4.78, 5) is 12.8. The van der Waals surface area contributed by atoms with E-state index in [0.29, 0.717) is 17.4 Å². The molecule has 3 aromatic rings. The summed E-state index contributed by atoms with van der Waals surface area (Å²) in [6.07, 6.45) is 1.09. The predicted molar refractivity (Wildman–Crippen MR) is 107 cm³/mol. The number of hydrogen-bond donors (Lipinski definition) is 1. The molecule has 0 saturated carbocycles. The number of hydrogen-bond acceptors (Lipinski definition) is 5. The van der Waals surface area contributed by atoms with Crippen LogP contribution in [0, 0.1) is 5.92 Å². The molecule has 5 rings (SSSR count). The van der Waals surface area contributed by atoms with Crippen molar-refractivity contribution in [2.75, 3.05) is 18.5 Å². The summed E-state index contributed by atoms with van der Waals surface area (Å²) in [5.41, 5.74) is 3.59. The molecule has 1 saturated heterocycles. The lowest BCUT2D eigenvalue weighted by Crippen LogP contribution is -2.29. The van der Waals surface area contributed by atoms with Gasteiger partial charge in [0.1, 0.15) is 4.88 Å². The molecule has 3 unspecified atom stereocenters. The maximum atomic E-state index is 12.2. The number of nitrogens with one attached hydrogen (secondary N) is 1. The summed E-state index contributed by atoms with van der Waals surface area (Å²) < 4.78 is 12.5. The van der Waals surface area contributed by atoms with E-state index in [9.17, 15) is 4.79 Å². The first kappa shape index (κ1) is 16.8. The Balaban J connectivity index is 1.61. The van der Waals surface area contributed by atoms with E-state index in [4.69, 9.17) is 9.47 Å². The van der Waals surface area contributed by atoms with E-state index in [2.05, 4.69) is 47.8 Å². The molecular weight excluding hydrogens is 358 g/mol. The van der Waals surface area contributed by atoms with Gasteiger partial charge in [0.15, 0.2) is 0 Å². The fraction of sp³-hybridized carbons (Fsp3) is 0.318. The fourth-order valence-electron chi connectivity index (χ4n) is 4.38. The highest BCUT2D eigenvalue weighted by atomic mass is 32.1. The Morgan fingerprint density at radius 1 is 1.26 bits per heavy atom. The van der Waals surface area contributed by atoms with Crippen LogP contribution in [0.3, 0.4) is 0 Å². The highest BCUT2D eigenvalue weighted by Crippen LogP contribution is 2.52. The Kier molecular flexibility index (Phi) is 4.14. The zero-order valence-electron chi connectivity index (χ0n) is 15.1. The van der Waals surface area contributed by atoms with Crippen LogP contribution in [0.25, 0.3) is 10.1 Å². The summed E-state index contributed by atoms with van der Waals surface area (Å²) in [6, 6.07) is 17.0. The number of esters is 1. The van der Waals surface area contributed by atoms with Gasteiger partial charge in [0, 0.05) is 33.9 Å². The average Bonchev–Trinajstić information content (AvgIpc) is 3.35. The maximum absolute atomic E-state index is 12.2. The molecule has 0 radical (unpaired) electrons. The monoisotopic (exact) mass is 379 g/mol. The van der Waals surface area contributed by atoms with Crippen molar-refractivity contribution < 1.29 is 14.3 Å². The van der Waals surface area contributed by atoms with Gasteiger partial charge in [-0.05, 0) is 37.1 Å². The molecule has 138 valence electrons. The molecule has 0 aliphatic carbocycles. The Morgan fingerprint density at radius 3 is 2.93 bits per heavy atom. The molecule has 4 nitrogen and oxygen atoms in total. The van der Waals surface area contributed by atoms with Gasteiger partial charge in [0.05, 0.1) is 18.8 Å².